The van der Waals surface area contributed by atoms with Gasteiger partial charge in [-0.3, -0.25) is 9.59 Å². The molecule has 90 valence electrons. The molecule has 0 aliphatic carbocycles. The Morgan fingerprint density at radius 1 is 1.56 bits per heavy atom. The van der Waals surface area contributed by atoms with E-state index >= 15 is 0 Å². The zero-order valence-electron chi connectivity index (χ0n) is 9.02. The predicted molar refractivity (Wildman–Crippen MR) is 54.8 cm³/mol. The standard InChI is InChI=1S/C9H15N3O4/c1-6(8(14)15)11-9(16)12-4-2-3-10-7(13)5-12/h6H,2-5H2,1H3,(H,10,13)(H,11,16)(H,14,15)/t6-/m1/s1. The van der Waals surface area contributed by atoms with Gasteiger partial charge in [-0.2, -0.15) is 0 Å². The Balaban J connectivity index is 2.52. The van der Waals surface area contributed by atoms with Crippen molar-refractivity contribution in [1.29, 1.82) is 0 Å². The first-order chi connectivity index (χ1) is 7.50. The van der Waals surface area contributed by atoms with Crippen LogP contribution < -0.4 is 10.6 Å². The minimum atomic E-state index is -1.10. The van der Waals surface area contributed by atoms with Gasteiger partial charge in [0.2, 0.25) is 5.91 Å². The molecule has 0 spiro atoms. The number of amides is 3. The van der Waals surface area contributed by atoms with Gasteiger partial charge in [-0.1, -0.05) is 0 Å². The van der Waals surface area contributed by atoms with E-state index < -0.39 is 18.0 Å². The first-order valence-electron chi connectivity index (χ1n) is 5.05. The van der Waals surface area contributed by atoms with Gasteiger partial charge in [0.15, 0.2) is 0 Å². The Morgan fingerprint density at radius 2 is 2.25 bits per heavy atom. The highest BCUT2D eigenvalue weighted by Crippen LogP contribution is 1.97. The van der Waals surface area contributed by atoms with Crippen LogP contribution in [0.25, 0.3) is 0 Å². The highest BCUT2D eigenvalue weighted by molar-refractivity contribution is 5.86. The van der Waals surface area contributed by atoms with E-state index in [2.05, 4.69) is 10.6 Å². The maximum absolute atomic E-state index is 11.6. The SMILES string of the molecule is C[C@@H](NC(=O)N1CCCNC(=O)C1)C(=O)O. The average molecular weight is 229 g/mol. The molecule has 16 heavy (non-hydrogen) atoms. The number of nitrogens with zero attached hydrogens (tertiary/aromatic N) is 1. The number of rotatable bonds is 2. The van der Waals surface area contributed by atoms with Gasteiger partial charge in [-0.25, -0.2) is 4.79 Å². The van der Waals surface area contributed by atoms with Crippen molar-refractivity contribution in [3.8, 4) is 0 Å². The van der Waals surface area contributed by atoms with Crippen molar-refractivity contribution in [1.82, 2.24) is 15.5 Å². The van der Waals surface area contributed by atoms with E-state index in [1.807, 2.05) is 0 Å². The number of carbonyl (C=O) groups excluding carboxylic acids is 2. The second-order valence-corrected chi connectivity index (χ2v) is 3.63. The minimum Gasteiger partial charge on any atom is -0.480 e. The maximum atomic E-state index is 11.6. The van der Waals surface area contributed by atoms with Crippen molar-refractivity contribution < 1.29 is 19.5 Å². The van der Waals surface area contributed by atoms with E-state index in [1.165, 1.54) is 11.8 Å². The second-order valence-electron chi connectivity index (χ2n) is 3.63. The van der Waals surface area contributed by atoms with Crippen molar-refractivity contribution in [3.63, 3.8) is 0 Å². The fourth-order valence-electron chi connectivity index (χ4n) is 1.32. The summed E-state index contributed by atoms with van der Waals surface area (Å²) in [5.74, 6) is -1.33. The molecule has 1 aliphatic rings. The fourth-order valence-corrected chi connectivity index (χ4v) is 1.32. The number of urea groups is 1. The summed E-state index contributed by atoms with van der Waals surface area (Å²) >= 11 is 0. The van der Waals surface area contributed by atoms with Gasteiger partial charge in [-0.15, -0.1) is 0 Å². The summed E-state index contributed by atoms with van der Waals surface area (Å²) in [6, 6.07) is -1.48. The smallest absolute Gasteiger partial charge is 0.325 e. The molecule has 0 aromatic carbocycles. The van der Waals surface area contributed by atoms with E-state index in [0.29, 0.717) is 19.5 Å². The molecule has 1 saturated heterocycles. The molecule has 0 unspecified atom stereocenters. The number of hydrogen-bond acceptors (Lipinski definition) is 3. The number of aliphatic carboxylic acids is 1. The third kappa shape index (κ3) is 3.41. The average Bonchev–Trinajstić information content (AvgIpc) is 2.42. The summed E-state index contributed by atoms with van der Waals surface area (Å²) in [4.78, 5) is 34.6. The molecule has 3 amide bonds. The number of nitrogens with one attached hydrogen (secondary N) is 2. The Bertz CT molecular complexity index is 305. The zero-order valence-corrected chi connectivity index (χ0v) is 9.02. The van der Waals surface area contributed by atoms with Gasteiger partial charge in [0, 0.05) is 13.1 Å². The molecule has 1 aliphatic heterocycles. The van der Waals surface area contributed by atoms with E-state index in [-0.39, 0.29) is 12.5 Å². The topological polar surface area (TPSA) is 98.7 Å². The van der Waals surface area contributed by atoms with Crippen molar-refractivity contribution >= 4 is 17.9 Å². The zero-order chi connectivity index (χ0) is 12.1. The van der Waals surface area contributed by atoms with Gasteiger partial charge >= 0.3 is 12.0 Å². The van der Waals surface area contributed by atoms with E-state index in [1.54, 1.807) is 0 Å². The van der Waals surface area contributed by atoms with E-state index in [0.717, 1.165) is 0 Å². The summed E-state index contributed by atoms with van der Waals surface area (Å²) in [7, 11) is 0. The molecular formula is C9H15N3O4. The minimum absolute atomic E-state index is 0.0296. The molecule has 0 radical (unpaired) electrons. The molecule has 7 nitrogen and oxygen atoms in total. The van der Waals surface area contributed by atoms with Gasteiger partial charge in [-0.05, 0) is 13.3 Å². The van der Waals surface area contributed by atoms with Crippen LogP contribution in [-0.2, 0) is 9.59 Å². The fraction of sp³-hybridized carbons (Fsp3) is 0.667. The molecular weight excluding hydrogens is 214 g/mol. The summed E-state index contributed by atoms with van der Waals surface area (Å²) < 4.78 is 0. The highest BCUT2D eigenvalue weighted by atomic mass is 16.4. The monoisotopic (exact) mass is 229 g/mol. The molecule has 1 atom stereocenters. The Hall–Kier alpha value is -1.79. The molecule has 0 saturated carbocycles. The molecule has 1 heterocycles. The highest BCUT2D eigenvalue weighted by Gasteiger charge is 2.22. The van der Waals surface area contributed by atoms with Crippen LogP contribution >= 0.6 is 0 Å². The molecule has 7 heteroatoms. The Kier molecular flexibility index (Phi) is 4.10. The third-order valence-corrected chi connectivity index (χ3v) is 2.26. The second kappa shape index (κ2) is 5.34. The van der Waals surface area contributed by atoms with Crippen LogP contribution in [0.5, 0.6) is 0 Å². The summed E-state index contributed by atoms with van der Waals surface area (Å²) in [6.07, 6.45) is 0.667. The summed E-state index contributed by atoms with van der Waals surface area (Å²) in [6.45, 7) is 2.32. The molecule has 0 bridgehead atoms. The number of carboxylic acid groups (broad SMARTS) is 1. The van der Waals surface area contributed by atoms with Crippen LogP contribution in [0.15, 0.2) is 0 Å². The lowest BCUT2D eigenvalue weighted by atomic mass is 10.3. The van der Waals surface area contributed by atoms with Crippen LogP contribution in [0.4, 0.5) is 4.79 Å². The van der Waals surface area contributed by atoms with Crippen LogP contribution in [-0.4, -0.2) is 53.6 Å². The van der Waals surface area contributed by atoms with Gasteiger partial charge < -0.3 is 20.6 Å². The van der Waals surface area contributed by atoms with Crippen LogP contribution in [0.3, 0.4) is 0 Å². The number of carbonyl (C=O) groups is 3. The van der Waals surface area contributed by atoms with Crippen molar-refractivity contribution in [3.05, 3.63) is 0 Å². The number of hydrogen-bond donors (Lipinski definition) is 3. The molecule has 3 N–H and O–H groups in total. The number of carboxylic acids is 1. The van der Waals surface area contributed by atoms with Gasteiger partial charge in [0.1, 0.15) is 12.6 Å². The maximum Gasteiger partial charge on any atom is 0.325 e. The molecule has 0 aromatic rings. The lowest BCUT2D eigenvalue weighted by Gasteiger charge is -2.21. The van der Waals surface area contributed by atoms with E-state index in [4.69, 9.17) is 5.11 Å². The Morgan fingerprint density at radius 3 is 2.88 bits per heavy atom. The molecule has 1 fully saturated rings. The van der Waals surface area contributed by atoms with Crippen molar-refractivity contribution in [2.75, 3.05) is 19.6 Å². The third-order valence-electron chi connectivity index (χ3n) is 2.26. The van der Waals surface area contributed by atoms with Crippen molar-refractivity contribution in [2.45, 2.75) is 19.4 Å². The first-order valence-corrected chi connectivity index (χ1v) is 5.05. The van der Waals surface area contributed by atoms with Gasteiger partial charge in [0.25, 0.3) is 0 Å². The largest absolute Gasteiger partial charge is 0.480 e. The van der Waals surface area contributed by atoms with Crippen molar-refractivity contribution in [2.24, 2.45) is 0 Å². The van der Waals surface area contributed by atoms with Crippen LogP contribution in [0.2, 0.25) is 0 Å². The lowest BCUT2D eigenvalue weighted by molar-refractivity contribution is -0.138. The van der Waals surface area contributed by atoms with Crippen LogP contribution in [0, 0.1) is 0 Å². The first kappa shape index (κ1) is 12.3. The molecule has 1 rings (SSSR count). The van der Waals surface area contributed by atoms with E-state index in [9.17, 15) is 14.4 Å². The van der Waals surface area contributed by atoms with Gasteiger partial charge in [0.05, 0.1) is 0 Å². The summed E-state index contributed by atoms with van der Waals surface area (Å²) in [5.41, 5.74) is 0. The predicted octanol–water partition coefficient (Wildman–Crippen LogP) is -1.01. The quantitative estimate of drug-likeness (QED) is 0.565. The summed E-state index contributed by atoms with van der Waals surface area (Å²) in [5, 5.41) is 13.6. The lowest BCUT2D eigenvalue weighted by Crippen LogP contribution is -2.48. The van der Waals surface area contributed by atoms with Crippen LogP contribution in [0.1, 0.15) is 13.3 Å². The normalized spacial score (nSPS) is 18.3. The Labute approximate surface area is 92.8 Å². The molecule has 0 aromatic heterocycles.